The van der Waals surface area contributed by atoms with Crippen LogP contribution in [0, 0.1) is 12.7 Å². The predicted octanol–water partition coefficient (Wildman–Crippen LogP) is 3.46. The summed E-state index contributed by atoms with van der Waals surface area (Å²) < 4.78 is 13.1. The van der Waals surface area contributed by atoms with Crippen molar-refractivity contribution in [2.24, 2.45) is 4.99 Å². The lowest BCUT2D eigenvalue weighted by Gasteiger charge is -2.21. The van der Waals surface area contributed by atoms with Crippen molar-refractivity contribution in [1.82, 2.24) is 15.2 Å². The number of nitrogens with one attached hydrogen (secondary N) is 1. The highest BCUT2D eigenvalue weighted by Gasteiger charge is 2.08. The SMILES string of the molecule is CN=C(NCCc1cccc(F)c1)N(C)Cc1csc(C)n1.I. The van der Waals surface area contributed by atoms with Gasteiger partial charge in [0.2, 0.25) is 0 Å². The quantitative estimate of drug-likeness (QED) is 0.433. The largest absolute Gasteiger partial charge is 0.356 e. The van der Waals surface area contributed by atoms with Gasteiger partial charge in [0.05, 0.1) is 17.2 Å². The summed E-state index contributed by atoms with van der Waals surface area (Å²) in [5.74, 6) is 0.611. The fourth-order valence-corrected chi connectivity index (χ4v) is 2.80. The van der Waals surface area contributed by atoms with Gasteiger partial charge in [0.25, 0.3) is 0 Å². The van der Waals surface area contributed by atoms with E-state index >= 15 is 0 Å². The first-order valence-electron chi connectivity index (χ1n) is 7.15. The first kappa shape index (κ1) is 19.8. The fourth-order valence-electron chi connectivity index (χ4n) is 2.19. The molecule has 0 unspecified atom stereocenters. The van der Waals surface area contributed by atoms with Crippen LogP contribution < -0.4 is 5.32 Å². The van der Waals surface area contributed by atoms with Gasteiger partial charge in [0.1, 0.15) is 5.82 Å². The minimum Gasteiger partial charge on any atom is -0.356 e. The minimum atomic E-state index is -0.196. The van der Waals surface area contributed by atoms with Crippen LogP contribution in [0.2, 0.25) is 0 Å². The lowest BCUT2D eigenvalue weighted by molar-refractivity contribution is 0.471. The number of aryl methyl sites for hydroxylation is 1. The summed E-state index contributed by atoms with van der Waals surface area (Å²) in [6, 6.07) is 6.68. The third-order valence-corrected chi connectivity index (χ3v) is 4.05. The molecule has 0 aliphatic rings. The van der Waals surface area contributed by atoms with Gasteiger partial charge in [-0.3, -0.25) is 4.99 Å². The average Bonchev–Trinajstić information content (AvgIpc) is 2.88. The summed E-state index contributed by atoms with van der Waals surface area (Å²) in [4.78, 5) is 10.8. The van der Waals surface area contributed by atoms with Gasteiger partial charge in [-0.1, -0.05) is 12.1 Å². The number of aromatic nitrogens is 1. The molecule has 0 atom stereocenters. The number of aliphatic imine (C=N–C) groups is 1. The highest BCUT2D eigenvalue weighted by atomic mass is 127. The Bertz CT molecular complexity index is 645. The van der Waals surface area contributed by atoms with Crippen molar-refractivity contribution in [3.05, 3.63) is 51.7 Å². The van der Waals surface area contributed by atoms with Crippen molar-refractivity contribution in [3.8, 4) is 0 Å². The molecule has 23 heavy (non-hydrogen) atoms. The number of hydrogen-bond donors (Lipinski definition) is 1. The van der Waals surface area contributed by atoms with E-state index < -0.39 is 0 Å². The summed E-state index contributed by atoms with van der Waals surface area (Å²) >= 11 is 1.65. The maximum atomic E-state index is 13.1. The molecule has 0 fully saturated rings. The molecule has 0 saturated heterocycles. The van der Waals surface area contributed by atoms with Crippen molar-refractivity contribution >= 4 is 41.3 Å². The molecule has 1 N–H and O–H groups in total. The van der Waals surface area contributed by atoms with E-state index in [1.165, 1.54) is 6.07 Å². The van der Waals surface area contributed by atoms with Gasteiger partial charge in [-0.2, -0.15) is 0 Å². The van der Waals surface area contributed by atoms with Crippen LogP contribution in [0.25, 0.3) is 0 Å². The topological polar surface area (TPSA) is 40.5 Å². The Hall–Kier alpha value is -1.22. The Kier molecular flexibility index (Phi) is 8.46. The van der Waals surface area contributed by atoms with E-state index in [-0.39, 0.29) is 29.8 Å². The first-order valence-corrected chi connectivity index (χ1v) is 8.03. The van der Waals surface area contributed by atoms with Gasteiger partial charge in [0.15, 0.2) is 5.96 Å². The minimum absolute atomic E-state index is 0. The van der Waals surface area contributed by atoms with Gasteiger partial charge in [-0.25, -0.2) is 9.37 Å². The molecular formula is C16H22FIN4S. The number of halogens is 2. The van der Waals surface area contributed by atoms with Crippen molar-refractivity contribution in [2.45, 2.75) is 19.9 Å². The normalized spacial score (nSPS) is 11.0. The Morgan fingerprint density at radius 1 is 1.43 bits per heavy atom. The second-order valence-electron chi connectivity index (χ2n) is 5.07. The van der Waals surface area contributed by atoms with Gasteiger partial charge in [-0.15, -0.1) is 35.3 Å². The van der Waals surface area contributed by atoms with Crippen LogP contribution in [0.4, 0.5) is 4.39 Å². The predicted molar refractivity (Wildman–Crippen MR) is 105 cm³/mol. The van der Waals surface area contributed by atoms with E-state index in [2.05, 4.69) is 20.7 Å². The smallest absolute Gasteiger partial charge is 0.193 e. The zero-order valence-electron chi connectivity index (χ0n) is 13.5. The Morgan fingerprint density at radius 2 is 2.22 bits per heavy atom. The van der Waals surface area contributed by atoms with Gasteiger partial charge < -0.3 is 10.2 Å². The number of guanidine groups is 1. The number of thiazole rings is 1. The molecule has 1 aromatic carbocycles. The molecule has 2 rings (SSSR count). The van der Waals surface area contributed by atoms with E-state index in [1.54, 1.807) is 30.5 Å². The third-order valence-electron chi connectivity index (χ3n) is 3.22. The van der Waals surface area contributed by atoms with Crippen LogP contribution in [0.15, 0.2) is 34.6 Å². The average molecular weight is 448 g/mol. The fraction of sp³-hybridized carbons (Fsp3) is 0.375. The van der Waals surface area contributed by atoms with Crippen LogP contribution in [0.3, 0.4) is 0 Å². The van der Waals surface area contributed by atoms with Crippen LogP contribution in [0.1, 0.15) is 16.3 Å². The lowest BCUT2D eigenvalue weighted by Crippen LogP contribution is -2.39. The summed E-state index contributed by atoms with van der Waals surface area (Å²) in [7, 11) is 3.74. The molecular weight excluding hydrogens is 426 g/mol. The lowest BCUT2D eigenvalue weighted by atomic mass is 10.1. The molecule has 7 heteroatoms. The van der Waals surface area contributed by atoms with Crippen LogP contribution in [0.5, 0.6) is 0 Å². The Labute approximate surface area is 157 Å². The van der Waals surface area contributed by atoms with Crippen LogP contribution >= 0.6 is 35.3 Å². The third kappa shape index (κ3) is 6.42. The molecule has 126 valence electrons. The van der Waals surface area contributed by atoms with Crippen molar-refractivity contribution in [1.29, 1.82) is 0 Å². The monoisotopic (exact) mass is 448 g/mol. The van der Waals surface area contributed by atoms with Crippen LogP contribution in [-0.2, 0) is 13.0 Å². The zero-order chi connectivity index (χ0) is 15.9. The maximum absolute atomic E-state index is 13.1. The number of rotatable bonds is 5. The molecule has 0 bridgehead atoms. The zero-order valence-corrected chi connectivity index (χ0v) is 16.7. The van der Waals surface area contributed by atoms with Gasteiger partial charge >= 0.3 is 0 Å². The summed E-state index contributed by atoms with van der Waals surface area (Å²) in [5, 5.41) is 6.42. The maximum Gasteiger partial charge on any atom is 0.193 e. The van der Waals surface area contributed by atoms with E-state index in [9.17, 15) is 4.39 Å². The van der Waals surface area contributed by atoms with E-state index in [0.29, 0.717) is 13.1 Å². The number of hydrogen-bond acceptors (Lipinski definition) is 3. The van der Waals surface area contributed by atoms with Gasteiger partial charge in [0, 0.05) is 26.0 Å². The van der Waals surface area contributed by atoms with Crippen LogP contribution in [-0.4, -0.2) is 36.5 Å². The van der Waals surface area contributed by atoms with E-state index in [4.69, 9.17) is 0 Å². The standard InChI is InChI=1S/C16H21FN4S.HI/c1-12-20-15(11-22-12)10-21(3)16(18-2)19-8-7-13-5-4-6-14(17)9-13;/h4-6,9,11H,7-8,10H2,1-3H3,(H,18,19);1H. The highest BCUT2D eigenvalue weighted by molar-refractivity contribution is 14.0. The molecule has 0 amide bonds. The summed E-state index contributed by atoms with van der Waals surface area (Å²) in [6.45, 7) is 3.42. The summed E-state index contributed by atoms with van der Waals surface area (Å²) in [6.07, 6.45) is 0.750. The molecule has 0 aliphatic carbocycles. The first-order chi connectivity index (χ1) is 10.6. The molecule has 0 spiro atoms. The van der Waals surface area contributed by atoms with Gasteiger partial charge in [-0.05, 0) is 31.0 Å². The highest BCUT2D eigenvalue weighted by Crippen LogP contribution is 2.09. The Balaban J connectivity index is 0.00000264. The number of nitrogens with zero attached hydrogens (tertiary/aromatic N) is 3. The molecule has 0 saturated carbocycles. The van der Waals surface area contributed by atoms with E-state index in [1.807, 2.05) is 24.9 Å². The summed E-state index contributed by atoms with van der Waals surface area (Å²) in [5.41, 5.74) is 2.01. The van der Waals surface area contributed by atoms with E-state index in [0.717, 1.165) is 28.6 Å². The second kappa shape index (κ2) is 9.82. The Morgan fingerprint density at radius 3 is 2.83 bits per heavy atom. The van der Waals surface area contributed by atoms with Crippen molar-refractivity contribution < 1.29 is 4.39 Å². The molecule has 2 aromatic rings. The molecule has 0 aliphatic heterocycles. The molecule has 0 radical (unpaired) electrons. The number of benzene rings is 1. The molecule has 4 nitrogen and oxygen atoms in total. The van der Waals surface area contributed by atoms with Crippen molar-refractivity contribution in [3.63, 3.8) is 0 Å². The van der Waals surface area contributed by atoms with Crippen molar-refractivity contribution in [2.75, 3.05) is 20.6 Å². The molecule has 1 heterocycles. The second-order valence-corrected chi connectivity index (χ2v) is 6.13. The molecule has 1 aromatic heterocycles.